The van der Waals surface area contributed by atoms with Crippen molar-refractivity contribution in [3.63, 3.8) is 0 Å². The average Bonchev–Trinajstić information content (AvgIpc) is 2.60. The average molecular weight is 410 g/mol. The Bertz CT molecular complexity index is 708. The number of amidine groups is 1. The van der Waals surface area contributed by atoms with Crippen LogP contribution >= 0.6 is 23.2 Å². The van der Waals surface area contributed by atoms with E-state index >= 15 is 0 Å². The van der Waals surface area contributed by atoms with Crippen molar-refractivity contribution in [1.29, 1.82) is 0 Å². The first-order valence-electron chi connectivity index (χ1n) is 9.55. The van der Waals surface area contributed by atoms with Crippen LogP contribution < -0.4 is 11.2 Å². The lowest BCUT2D eigenvalue weighted by molar-refractivity contribution is 0.0766. The standard InChI is InChI=1S/C20H29Cl2N5/c1-13(19-7-6-18(21)9-20(19)22)27(23)15(3)25-14(2)26-11-17(12-26)16-5-4-8-24-10-16/h6-7,9,13,16-17,24H,2,4-5,8,10-12,23H2,1,3H3/b25-15+. The number of nitrogens with zero attached hydrogens (tertiary/aromatic N) is 3. The monoisotopic (exact) mass is 409 g/mol. The van der Waals surface area contributed by atoms with Crippen LogP contribution in [-0.4, -0.2) is 41.9 Å². The second kappa shape index (κ2) is 8.82. The fourth-order valence-corrected chi connectivity index (χ4v) is 4.45. The van der Waals surface area contributed by atoms with E-state index < -0.39 is 0 Å². The zero-order chi connectivity index (χ0) is 19.6. The molecular weight excluding hydrogens is 381 g/mol. The Morgan fingerprint density at radius 2 is 2.11 bits per heavy atom. The van der Waals surface area contributed by atoms with E-state index in [2.05, 4.69) is 21.8 Å². The molecular formula is C20H29Cl2N5. The molecule has 27 heavy (non-hydrogen) atoms. The number of rotatable bonds is 5. The van der Waals surface area contributed by atoms with Gasteiger partial charge in [0.25, 0.3) is 0 Å². The first-order chi connectivity index (χ1) is 12.9. The minimum absolute atomic E-state index is 0.122. The van der Waals surface area contributed by atoms with Gasteiger partial charge >= 0.3 is 0 Å². The fourth-order valence-electron chi connectivity index (χ4n) is 3.89. The van der Waals surface area contributed by atoms with Gasteiger partial charge in [0.1, 0.15) is 11.7 Å². The molecule has 2 saturated heterocycles. The molecule has 0 aromatic heterocycles. The number of aliphatic imine (C=N–C) groups is 1. The zero-order valence-corrected chi connectivity index (χ0v) is 17.6. The van der Waals surface area contributed by atoms with Crippen molar-refractivity contribution >= 4 is 29.0 Å². The lowest BCUT2D eigenvalue weighted by Gasteiger charge is -2.46. The van der Waals surface area contributed by atoms with Gasteiger partial charge in [-0.3, -0.25) is 5.01 Å². The van der Waals surface area contributed by atoms with E-state index in [1.165, 1.54) is 12.8 Å². The van der Waals surface area contributed by atoms with Gasteiger partial charge in [-0.05, 0) is 69.3 Å². The van der Waals surface area contributed by atoms with Crippen LogP contribution in [0.2, 0.25) is 10.0 Å². The van der Waals surface area contributed by atoms with Gasteiger partial charge in [-0.25, -0.2) is 10.8 Å². The normalized spacial score (nSPS) is 22.3. The van der Waals surface area contributed by atoms with Crippen LogP contribution in [0.5, 0.6) is 0 Å². The van der Waals surface area contributed by atoms with E-state index in [0.717, 1.165) is 49.4 Å². The Morgan fingerprint density at radius 1 is 1.37 bits per heavy atom. The Morgan fingerprint density at radius 3 is 2.74 bits per heavy atom. The molecule has 3 N–H and O–H groups in total. The van der Waals surface area contributed by atoms with Crippen LogP contribution in [0.4, 0.5) is 0 Å². The van der Waals surface area contributed by atoms with E-state index in [1.807, 2.05) is 26.0 Å². The zero-order valence-electron chi connectivity index (χ0n) is 16.1. The van der Waals surface area contributed by atoms with Crippen LogP contribution in [0.25, 0.3) is 0 Å². The van der Waals surface area contributed by atoms with E-state index in [-0.39, 0.29) is 6.04 Å². The van der Waals surface area contributed by atoms with E-state index in [0.29, 0.717) is 15.9 Å². The summed E-state index contributed by atoms with van der Waals surface area (Å²) in [5.74, 6) is 9.30. The maximum absolute atomic E-state index is 6.31. The maximum atomic E-state index is 6.31. The minimum Gasteiger partial charge on any atom is -0.356 e. The van der Waals surface area contributed by atoms with Crippen LogP contribution in [0.3, 0.4) is 0 Å². The smallest absolute Gasteiger partial charge is 0.123 e. The van der Waals surface area contributed by atoms with Gasteiger partial charge in [0.15, 0.2) is 0 Å². The summed E-state index contributed by atoms with van der Waals surface area (Å²) in [5.41, 5.74) is 0.914. The van der Waals surface area contributed by atoms with Crippen molar-refractivity contribution in [1.82, 2.24) is 15.2 Å². The Balaban J connectivity index is 1.57. The van der Waals surface area contributed by atoms with Gasteiger partial charge in [-0.1, -0.05) is 35.8 Å². The van der Waals surface area contributed by atoms with Gasteiger partial charge in [-0.2, -0.15) is 0 Å². The molecule has 7 heteroatoms. The summed E-state index contributed by atoms with van der Waals surface area (Å²) in [6, 6.07) is 5.33. The maximum Gasteiger partial charge on any atom is 0.123 e. The predicted octanol–water partition coefficient (Wildman–Crippen LogP) is 4.05. The van der Waals surface area contributed by atoms with Gasteiger partial charge in [0.05, 0.1) is 6.04 Å². The Kier molecular flexibility index (Phi) is 6.69. The number of nitrogens with two attached hydrogens (primary N) is 1. The summed E-state index contributed by atoms with van der Waals surface area (Å²) in [4.78, 5) is 6.87. The number of hydrogen-bond acceptors (Lipinski definition) is 4. The first-order valence-corrected chi connectivity index (χ1v) is 10.3. The summed E-state index contributed by atoms with van der Waals surface area (Å²) in [6.45, 7) is 12.4. The second-order valence-corrected chi connectivity index (χ2v) is 8.44. The van der Waals surface area contributed by atoms with Crippen LogP contribution in [-0.2, 0) is 0 Å². The number of likely N-dealkylation sites (tertiary alicyclic amines) is 1. The van der Waals surface area contributed by atoms with E-state index in [9.17, 15) is 0 Å². The number of piperidine rings is 1. The number of halogens is 2. The van der Waals surface area contributed by atoms with Crippen molar-refractivity contribution in [3.05, 3.63) is 46.2 Å². The molecule has 0 spiro atoms. The number of benzene rings is 1. The molecule has 3 rings (SSSR count). The third-order valence-corrected chi connectivity index (χ3v) is 6.33. The summed E-state index contributed by atoms with van der Waals surface area (Å²) < 4.78 is 0. The van der Waals surface area contributed by atoms with Gasteiger partial charge in [0.2, 0.25) is 0 Å². The molecule has 2 atom stereocenters. The van der Waals surface area contributed by atoms with Gasteiger partial charge in [0, 0.05) is 23.1 Å². The molecule has 2 unspecified atom stereocenters. The lowest BCUT2D eigenvalue weighted by atomic mass is 9.81. The summed E-state index contributed by atoms with van der Waals surface area (Å²) >= 11 is 12.3. The fraction of sp³-hybridized carbons (Fsp3) is 0.550. The molecule has 0 saturated carbocycles. The molecule has 0 aliphatic carbocycles. The van der Waals surface area contributed by atoms with Crippen molar-refractivity contribution in [3.8, 4) is 0 Å². The molecule has 2 heterocycles. The first kappa shape index (κ1) is 20.5. The Labute approximate surface area is 172 Å². The lowest BCUT2D eigenvalue weighted by Crippen LogP contribution is -2.52. The molecule has 0 bridgehead atoms. The van der Waals surface area contributed by atoms with Crippen molar-refractivity contribution < 1.29 is 0 Å². The third kappa shape index (κ3) is 4.77. The summed E-state index contributed by atoms with van der Waals surface area (Å²) in [5, 5.41) is 6.34. The predicted molar refractivity (Wildman–Crippen MR) is 114 cm³/mol. The molecule has 1 aromatic carbocycles. The molecule has 1 aromatic rings. The second-order valence-electron chi connectivity index (χ2n) is 7.60. The molecule has 5 nitrogen and oxygen atoms in total. The Hall–Kier alpha value is -1.27. The molecule has 2 aliphatic heterocycles. The highest BCUT2D eigenvalue weighted by Gasteiger charge is 2.34. The minimum atomic E-state index is -0.122. The quantitative estimate of drug-likeness (QED) is 0.333. The molecule has 148 valence electrons. The largest absolute Gasteiger partial charge is 0.356 e. The topological polar surface area (TPSA) is 56.9 Å². The van der Waals surface area contributed by atoms with Crippen LogP contribution in [0.1, 0.15) is 38.3 Å². The van der Waals surface area contributed by atoms with Crippen LogP contribution in [0, 0.1) is 11.8 Å². The van der Waals surface area contributed by atoms with Crippen molar-refractivity contribution in [2.75, 3.05) is 26.2 Å². The number of nitrogens with one attached hydrogen (secondary N) is 1. The van der Waals surface area contributed by atoms with E-state index in [4.69, 9.17) is 29.0 Å². The van der Waals surface area contributed by atoms with Crippen molar-refractivity contribution in [2.24, 2.45) is 22.7 Å². The molecule has 0 radical (unpaired) electrons. The van der Waals surface area contributed by atoms with Crippen LogP contribution in [0.15, 0.2) is 35.6 Å². The van der Waals surface area contributed by atoms with Gasteiger partial charge < -0.3 is 10.2 Å². The number of hydrazine groups is 1. The summed E-state index contributed by atoms with van der Waals surface area (Å²) in [7, 11) is 0. The van der Waals surface area contributed by atoms with Crippen molar-refractivity contribution in [2.45, 2.75) is 32.7 Å². The number of hydrogen-bond donors (Lipinski definition) is 2. The highest BCUT2D eigenvalue weighted by atomic mass is 35.5. The van der Waals surface area contributed by atoms with E-state index in [1.54, 1.807) is 11.1 Å². The highest BCUT2D eigenvalue weighted by molar-refractivity contribution is 6.35. The summed E-state index contributed by atoms with van der Waals surface area (Å²) in [6.07, 6.45) is 2.61. The molecule has 2 aliphatic rings. The molecule has 0 amide bonds. The third-order valence-electron chi connectivity index (χ3n) is 5.77. The molecule has 2 fully saturated rings. The highest BCUT2D eigenvalue weighted by Crippen LogP contribution is 2.32. The SMILES string of the molecule is C=C(/N=C(\C)N(N)C(C)c1ccc(Cl)cc1Cl)N1CC(C2CCCNC2)C1. The van der Waals surface area contributed by atoms with Gasteiger partial charge in [-0.15, -0.1) is 0 Å².